The second-order valence-corrected chi connectivity index (χ2v) is 5.28. The lowest BCUT2D eigenvalue weighted by molar-refractivity contribution is -0.385. The first kappa shape index (κ1) is 18.8. The van der Waals surface area contributed by atoms with E-state index in [0.717, 1.165) is 0 Å². The van der Waals surface area contributed by atoms with Gasteiger partial charge in [-0.05, 0) is 34.7 Å². The summed E-state index contributed by atoms with van der Waals surface area (Å²) in [6.07, 6.45) is 0. The molecule has 0 saturated carbocycles. The van der Waals surface area contributed by atoms with Crippen molar-refractivity contribution < 1.29 is 9.85 Å². The van der Waals surface area contributed by atoms with E-state index in [-0.39, 0.29) is 28.2 Å². The third-order valence-electron chi connectivity index (χ3n) is 2.68. The highest BCUT2D eigenvalue weighted by molar-refractivity contribution is 14.1. The van der Waals surface area contributed by atoms with Gasteiger partial charge >= 0.3 is 0 Å². The van der Waals surface area contributed by atoms with E-state index in [9.17, 15) is 20.2 Å². The Hall–Kier alpha value is -3.25. The molecule has 10 heteroatoms. The predicted octanol–water partition coefficient (Wildman–Crippen LogP) is 3.12. The van der Waals surface area contributed by atoms with Crippen molar-refractivity contribution in [3.63, 3.8) is 0 Å². The molecule has 0 atom stereocenters. The second kappa shape index (κ2) is 8.40. The normalized spacial score (nSPS) is 8.96. The molecule has 2 rings (SSSR count). The maximum absolute atomic E-state index is 10.4. The lowest BCUT2D eigenvalue weighted by Gasteiger charge is -1.96. The maximum Gasteiger partial charge on any atom is 0.289 e. The van der Waals surface area contributed by atoms with Crippen molar-refractivity contribution in [3.05, 3.63) is 71.3 Å². The fourth-order valence-corrected chi connectivity index (χ4v) is 2.21. The SMILES string of the molecule is N#Cc1c(I)cccc1[N+](=O)[O-].N#Cc1c(N)cccc1[N+](=O)[O-]. The topological polar surface area (TPSA) is 160 Å². The summed E-state index contributed by atoms with van der Waals surface area (Å²) in [5.74, 6) is 0. The van der Waals surface area contributed by atoms with Crippen LogP contribution in [0, 0.1) is 46.5 Å². The lowest BCUT2D eigenvalue weighted by atomic mass is 10.1. The number of nitriles is 2. The van der Waals surface area contributed by atoms with Crippen molar-refractivity contribution in [2.75, 3.05) is 5.73 Å². The molecule has 0 aliphatic rings. The zero-order valence-corrected chi connectivity index (χ0v) is 14.0. The van der Waals surface area contributed by atoms with Crippen LogP contribution in [0.5, 0.6) is 0 Å². The number of nitrogen functional groups attached to an aromatic ring is 1. The number of nitro benzene ring substituents is 2. The Kier molecular flexibility index (Phi) is 6.58. The average Bonchev–Trinajstić information content (AvgIpc) is 2.54. The Morgan fingerprint density at radius 1 is 0.917 bits per heavy atom. The van der Waals surface area contributed by atoms with Crippen LogP contribution in [-0.2, 0) is 0 Å². The zero-order chi connectivity index (χ0) is 18.3. The molecular weight excluding hydrogens is 429 g/mol. The minimum Gasteiger partial charge on any atom is -0.397 e. The first-order chi connectivity index (χ1) is 11.3. The van der Waals surface area contributed by atoms with Crippen LogP contribution >= 0.6 is 22.6 Å². The lowest BCUT2D eigenvalue weighted by Crippen LogP contribution is -1.96. The summed E-state index contributed by atoms with van der Waals surface area (Å²) in [5, 5.41) is 37.8. The highest BCUT2D eigenvalue weighted by Crippen LogP contribution is 2.23. The maximum atomic E-state index is 10.4. The summed E-state index contributed by atoms with van der Waals surface area (Å²) in [6.45, 7) is 0. The van der Waals surface area contributed by atoms with Crippen LogP contribution in [0.3, 0.4) is 0 Å². The Balaban J connectivity index is 0.000000240. The molecule has 9 nitrogen and oxygen atoms in total. The summed E-state index contributed by atoms with van der Waals surface area (Å²) >= 11 is 1.89. The number of nitro groups is 2. The summed E-state index contributed by atoms with van der Waals surface area (Å²) in [4.78, 5) is 19.5. The van der Waals surface area contributed by atoms with Gasteiger partial charge < -0.3 is 5.73 Å². The number of anilines is 1. The molecule has 0 heterocycles. The molecule has 0 unspecified atom stereocenters. The number of benzene rings is 2. The molecule has 0 bridgehead atoms. The van der Waals surface area contributed by atoms with Crippen molar-refractivity contribution in [2.24, 2.45) is 0 Å². The van der Waals surface area contributed by atoms with E-state index in [1.54, 1.807) is 24.3 Å². The van der Waals surface area contributed by atoms with Crippen LogP contribution in [-0.4, -0.2) is 9.85 Å². The van der Waals surface area contributed by atoms with Crippen molar-refractivity contribution in [3.8, 4) is 12.1 Å². The Bertz CT molecular complexity index is 812. The summed E-state index contributed by atoms with van der Waals surface area (Å²) in [5.41, 5.74) is 5.13. The van der Waals surface area contributed by atoms with E-state index in [1.807, 2.05) is 22.6 Å². The van der Waals surface area contributed by atoms with Gasteiger partial charge in [0.1, 0.15) is 17.7 Å². The van der Waals surface area contributed by atoms with E-state index in [0.29, 0.717) is 3.57 Å². The molecule has 0 fully saturated rings. The molecule has 0 amide bonds. The van der Waals surface area contributed by atoms with Crippen LogP contribution in [0.2, 0.25) is 0 Å². The molecule has 2 N–H and O–H groups in total. The van der Waals surface area contributed by atoms with Crippen molar-refractivity contribution in [2.45, 2.75) is 0 Å². The van der Waals surface area contributed by atoms with Gasteiger partial charge in [0.05, 0.1) is 15.5 Å². The first-order valence-corrected chi connectivity index (χ1v) is 7.17. The molecule has 24 heavy (non-hydrogen) atoms. The molecule has 0 aromatic heterocycles. The number of halogens is 1. The van der Waals surface area contributed by atoms with Crippen LogP contribution in [0.1, 0.15) is 11.1 Å². The van der Waals surface area contributed by atoms with E-state index in [2.05, 4.69) is 0 Å². The van der Waals surface area contributed by atoms with Gasteiger partial charge in [0.2, 0.25) is 0 Å². The minimum absolute atomic E-state index is 0.0810. The van der Waals surface area contributed by atoms with E-state index >= 15 is 0 Å². The quantitative estimate of drug-likeness (QED) is 0.327. The van der Waals surface area contributed by atoms with Crippen LogP contribution in [0.25, 0.3) is 0 Å². The first-order valence-electron chi connectivity index (χ1n) is 6.09. The molecule has 0 aliphatic heterocycles. The number of hydrogen-bond acceptors (Lipinski definition) is 7. The smallest absolute Gasteiger partial charge is 0.289 e. The van der Waals surface area contributed by atoms with Gasteiger partial charge in [-0.3, -0.25) is 20.2 Å². The van der Waals surface area contributed by atoms with Gasteiger partial charge in [0.25, 0.3) is 11.4 Å². The average molecular weight is 437 g/mol. The fraction of sp³-hybridized carbons (Fsp3) is 0. The molecule has 2 aromatic carbocycles. The number of nitrogens with zero attached hydrogens (tertiary/aromatic N) is 4. The van der Waals surface area contributed by atoms with Crippen molar-refractivity contribution >= 4 is 39.7 Å². The van der Waals surface area contributed by atoms with Crippen LogP contribution in [0.4, 0.5) is 17.1 Å². The van der Waals surface area contributed by atoms with Gasteiger partial charge in [0.15, 0.2) is 5.56 Å². The Morgan fingerprint density at radius 3 is 1.75 bits per heavy atom. The van der Waals surface area contributed by atoms with Gasteiger partial charge in [-0.15, -0.1) is 0 Å². The van der Waals surface area contributed by atoms with Gasteiger partial charge in [0, 0.05) is 15.7 Å². The monoisotopic (exact) mass is 437 g/mol. The second-order valence-electron chi connectivity index (χ2n) is 4.11. The molecule has 0 radical (unpaired) electrons. The standard InChI is InChI=1S/C7H3IN2O2.C7H5N3O2/c8-6-2-1-3-7(10(11)12)5(6)4-9;8-4-5-6(9)2-1-3-7(5)10(11)12/h1-3H;1-3H,9H2. The van der Waals surface area contributed by atoms with Crippen molar-refractivity contribution in [1.29, 1.82) is 10.5 Å². The highest BCUT2D eigenvalue weighted by atomic mass is 127. The van der Waals surface area contributed by atoms with Crippen LogP contribution in [0.15, 0.2) is 36.4 Å². The fourth-order valence-electron chi connectivity index (χ4n) is 1.61. The predicted molar refractivity (Wildman–Crippen MR) is 92.8 cm³/mol. The van der Waals surface area contributed by atoms with Gasteiger partial charge in [-0.1, -0.05) is 12.1 Å². The summed E-state index contributed by atoms with van der Waals surface area (Å²) in [6, 6.07) is 12.1. The third-order valence-corrected chi connectivity index (χ3v) is 3.58. The summed E-state index contributed by atoms with van der Waals surface area (Å²) in [7, 11) is 0. The summed E-state index contributed by atoms with van der Waals surface area (Å²) < 4.78 is 0.601. The number of hydrogen-bond donors (Lipinski definition) is 1. The number of nitrogens with two attached hydrogens (primary N) is 1. The van der Waals surface area contributed by atoms with Gasteiger partial charge in [-0.2, -0.15) is 10.5 Å². The van der Waals surface area contributed by atoms with E-state index in [4.69, 9.17) is 16.3 Å². The van der Waals surface area contributed by atoms with Crippen molar-refractivity contribution in [1.82, 2.24) is 0 Å². The zero-order valence-electron chi connectivity index (χ0n) is 11.8. The molecular formula is C14H8IN5O4. The largest absolute Gasteiger partial charge is 0.397 e. The van der Waals surface area contributed by atoms with E-state index < -0.39 is 9.85 Å². The Morgan fingerprint density at radius 2 is 1.38 bits per heavy atom. The molecule has 0 saturated heterocycles. The molecule has 120 valence electrons. The number of rotatable bonds is 2. The third kappa shape index (κ3) is 4.37. The highest BCUT2D eigenvalue weighted by Gasteiger charge is 2.15. The van der Waals surface area contributed by atoms with Crippen LogP contribution < -0.4 is 5.73 Å². The van der Waals surface area contributed by atoms with Gasteiger partial charge in [-0.25, -0.2) is 0 Å². The molecule has 2 aromatic rings. The molecule has 0 aliphatic carbocycles. The minimum atomic E-state index is -0.630. The Labute approximate surface area is 149 Å². The molecule has 0 spiro atoms. The van der Waals surface area contributed by atoms with E-state index in [1.165, 1.54) is 24.3 Å².